The van der Waals surface area contributed by atoms with Gasteiger partial charge in [-0.3, -0.25) is 0 Å². The summed E-state index contributed by atoms with van der Waals surface area (Å²) in [5.41, 5.74) is 0. The molecule has 1 aromatic carbocycles. The average Bonchev–Trinajstić information content (AvgIpc) is 1.85. The fourth-order valence-corrected chi connectivity index (χ4v) is 3.09. The maximum atomic E-state index is 3.44. The van der Waals surface area contributed by atoms with E-state index in [1.165, 1.54) is 8.47 Å². The zero-order valence-corrected chi connectivity index (χ0v) is 9.96. The van der Waals surface area contributed by atoms with Crippen LogP contribution in [0.15, 0.2) is 27.6 Å². The van der Waals surface area contributed by atoms with Gasteiger partial charge < -0.3 is 0 Å². The monoisotopic (exact) mass is 328 g/mol. The van der Waals surface area contributed by atoms with E-state index in [1.54, 1.807) is 11.8 Å². The fraction of sp³-hybridized carbons (Fsp3) is 0.143. The van der Waals surface area contributed by atoms with Crippen molar-refractivity contribution in [3.05, 3.63) is 26.2 Å². The van der Waals surface area contributed by atoms with Crippen LogP contribution in [0.3, 0.4) is 0 Å². The summed E-state index contributed by atoms with van der Waals surface area (Å²) in [6.45, 7) is 0. The van der Waals surface area contributed by atoms with Crippen LogP contribution in [0.4, 0.5) is 0 Å². The van der Waals surface area contributed by atoms with Crippen molar-refractivity contribution in [1.29, 1.82) is 0 Å². The van der Waals surface area contributed by atoms with Gasteiger partial charge in [0.15, 0.2) is 0 Å². The van der Waals surface area contributed by atoms with Gasteiger partial charge in [-0.25, -0.2) is 0 Å². The molecule has 0 unspecified atom stereocenters. The smallest absolute Gasteiger partial charge is 0.0196 e. The Balaban J connectivity index is 3.06. The van der Waals surface area contributed by atoms with Gasteiger partial charge in [0.1, 0.15) is 0 Å². The SMILES string of the molecule is CSc1cc(Br)cc(I)c1. The van der Waals surface area contributed by atoms with Gasteiger partial charge in [0.2, 0.25) is 0 Å². The minimum atomic E-state index is 1.16. The lowest BCUT2D eigenvalue weighted by atomic mass is 10.4. The van der Waals surface area contributed by atoms with E-state index in [0.717, 1.165) is 4.47 Å². The summed E-state index contributed by atoms with van der Waals surface area (Å²) in [7, 11) is 0. The number of hydrogen-bond acceptors (Lipinski definition) is 1. The number of benzene rings is 1. The molecule has 0 N–H and O–H groups in total. The quantitative estimate of drug-likeness (QED) is 0.558. The van der Waals surface area contributed by atoms with Crippen LogP contribution in [-0.4, -0.2) is 6.26 Å². The van der Waals surface area contributed by atoms with Gasteiger partial charge in [-0.15, -0.1) is 11.8 Å². The summed E-state index contributed by atoms with van der Waals surface area (Å²) in [5.74, 6) is 0. The van der Waals surface area contributed by atoms with Crippen molar-refractivity contribution in [2.24, 2.45) is 0 Å². The molecule has 0 saturated heterocycles. The molecule has 1 aromatic rings. The van der Waals surface area contributed by atoms with E-state index in [9.17, 15) is 0 Å². The molecule has 10 heavy (non-hydrogen) atoms. The topological polar surface area (TPSA) is 0 Å². The molecule has 0 aromatic heterocycles. The molecule has 0 heterocycles. The normalized spacial score (nSPS) is 9.90. The Morgan fingerprint density at radius 3 is 2.60 bits per heavy atom. The molecule has 0 atom stereocenters. The summed E-state index contributed by atoms with van der Waals surface area (Å²) in [6.07, 6.45) is 2.08. The maximum Gasteiger partial charge on any atom is 0.0196 e. The first kappa shape index (κ1) is 8.87. The lowest BCUT2D eigenvalue weighted by Gasteiger charge is -1.97. The second-order valence-corrected chi connectivity index (χ2v) is 4.85. The van der Waals surface area contributed by atoms with Crippen molar-refractivity contribution in [1.82, 2.24) is 0 Å². The summed E-state index contributed by atoms with van der Waals surface area (Å²) in [6, 6.07) is 6.38. The third-order valence-corrected chi connectivity index (χ3v) is 2.86. The molecule has 0 aliphatic carbocycles. The second-order valence-electron chi connectivity index (χ2n) is 1.81. The Morgan fingerprint density at radius 2 is 2.10 bits per heavy atom. The van der Waals surface area contributed by atoms with Crippen LogP contribution >= 0.6 is 50.3 Å². The van der Waals surface area contributed by atoms with E-state index in [-0.39, 0.29) is 0 Å². The fourth-order valence-electron chi connectivity index (χ4n) is 0.646. The molecule has 1 rings (SSSR count). The van der Waals surface area contributed by atoms with E-state index in [1.807, 2.05) is 0 Å². The van der Waals surface area contributed by atoms with E-state index in [4.69, 9.17) is 0 Å². The van der Waals surface area contributed by atoms with E-state index < -0.39 is 0 Å². The Labute approximate surface area is 87.0 Å². The molecule has 3 heteroatoms. The summed E-state index contributed by atoms with van der Waals surface area (Å²) in [4.78, 5) is 1.30. The van der Waals surface area contributed by atoms with Crippen LogP contribution in [0.25, 0.3) is 0 Å². The predicted molar refractivity (Wildman–Crippen MR) is 58.6 cm³/mol. The standard InChI is InChI=1S/C7H6BrIS/c1-10-7-3-5(8)2-6(9)4-7/h2-4H,1H3. The first-order chi connectivity index (χ1) is 4.72. The summed E-state index contributed by atoms with van der Waals surface area (Å²) < 4.78 is 2.43. The molecule has 0 aliphatic heterocycles. The molecular formula is C7H6BrIS. The van der Waals surface area contributed by atoms with E-state index >= 15 is 0 Å². The highest BCUT2D eigenvalue weighted by Crippen LogP contribution is 2.23. The third-order valence-electron chi connectivity index (χ3n) is 1.07. The molecule has 54 valence electrons. The van der Waals surface area contributed by atoms with Crippen LogP contribution < -0.4 is 0 Å². The van der Waals surface area contributed by atoms with Gasteiger partial charge in [-0.1, -0.05) is 15.9 Å². The Kier molecular flexibility index (Phi) is 3.52. The highest BCUT2D eigenvalue weighted by Gasteiger charge is 1.94. The largest absolute Gasteiger partial charge is 0.130 e. The number of halogens is 2. The van der Waals surface area contributed by atoms with Gasteiger partial charge in [-0.2, -0.15) is 0 Å². The Bertz CT molecular complexity index is 217. The summed E-state index contributed by atoms with van der Waals surface area (Å²) in [5, 5.41) is 0. The Hall–Kier alpha value is 0.780. The molecule has 0 aliphatic rings. The lowest BCUT2D eigenvalue weighted by Crippen LogP contribution is -1.73. The molecule has 0 saturated carbocycles. The van der Waals surface area contributed by atoms with Crippen molar-refractivity contribution in [3.63, 3.8) is 0 Å². The van der Waals surface area contributed by atoms with Crippen molar-refractivity contribution >= 4 is 50.3 Å². The van der Waals surface area contributed by atoms with Gasteiger partial charge >= 0.3 is 0 Å². The number of hydrogen-bond donors (Lipinski definition) is 0. The zero-order chi connectivity index (χ0) is 7.56. The van der Waals surface area contributed by atoms with Crippen LogP contribution in [0, 0.1) is 3.57 Å². The molecule has 0 bridgehead atoms. The highest BCUT2D eigenvalue weighted by molar-refractivity contribution is 14.1. The van der Waals surface area contributed by atoms with Crippen molar-refractivity contribution in [3.8, 4) is 0 Å². The van der Waals surface area contributed by atoms with Gasteiger partial charge in [0.25, 0.3) is 0 Å². The van der Waals surface area contributed by atoms with E-state index in [0.29, 0.717) is 0 Å². The van der Waals surface area contributed by atoms with Gasteiger partial charge in [0.05, 0.1) is 0 Å². The molecule has 0 nitrogen and oxygen atoms in total. The zero-order valence-electron chi connectivity index (χ0n) is 5.40. The average molecular weight is 329 g/mol. The van der Waals surface area contributed by atoms with Crippen LogP contribution in [0.5, 0.6) is 0 Å². The van der Waals surface area contributed by atoms with Gasteiger partial charge in [-0.05, 0) is 47.0 Å². The van der Waals surface area contributed by atoms with Crippen molar-refractivity contribution in [2.75, 3.05) is 6.26 Å². The second kappa shape index (κ2) is 3.97. The molecule has 0 fully saturated rings. The third kappa shape index (κ3) is 2.43. The van der Waals surface area contributed by atoms with Gasteiger partial charge in [0, 0.05) is 12.9 Å². The molecule has 0 radical (unpaired) electrons. The Morgan fingerprint density at radius 1 is 1.40 bits per heavy atom. The van der Waals surface area contributed by atoms with Crippen molar-refractivity contribution < 1.29 is 0 Å². The van der Waals surface area contributed by atoms with Crippen LogP contribution in [0.2, 0.25) is 0 Å². The van der Waals surface area contributed by atoms with Crippen molar-refractivity contribution in [2.45, 2.75) is 4.90 Å². The highest BCUT2D eigenvalue weighted by atomic mass is 127. The predicted octanol–water partition coefficient (Wildman–Crippen LogP) is 3.78. The minimum absolute atomic E-state index is 1.16. The summed E-state index contributed by atoms with van der Waals surface area (Å²) >= 11 is 7.51. The van der Waals surface area contributed by atoms with Crippen LogP contribution in [-0.2, 0) is 0 Å². The molecular weight excluding hydrogens is 323 g/mol. The van der Waals surface area contributed by atoms with E-state index in [2.05, 4.69) is 63.0 Å². The first-order valence-corrected chi connectivity index (χ1v) is 5.82. The lowest BCUT2D eigenvalue weighted by molar-refractivity contribution is 1.41. The van der Waals surface area contributed by atoms with Crippen LogP contribution in [0.1, 0.15) is 0 Å². The number of thioether (sulfide) groups is 1. The first-order valence-electron chi connectivity index (χ1n) is 2.72. The number of rotatable bonds is 1. The molecule has 0 spiro atoms. The minimum Gasteiger partial charge on any atom is -0.130 e. The molecule has 0 amide bonds. The maximum absolute atomic E-state index is 3.44.